The van der Waals surface area contributed by atoms with Gasteiger partial charge in [-0.25, -0.2) is 0 Å². The second kappa shape index (κ2) is 5.97. The molecule has 1 aromatic carbocycles. The maximum Gasteiger partial charge on any atom is 0.251 e. The van der Waals surface area contributed by atoms with Gasteiger partial charge in [-0.2, -0.15) is 0 Å². The minimum Gasteiger partial charge on any atom is -0.347 e. The fourth-order valence-corrected chi connectivity index (χ4v) is 3.07. The second-order valence-electron chi connectivity index (χ2n) is 3.42. The van der Waals surface area contributed by atoms with Crippen molar-refractivity contribution < 1.29 is 4.79 Å². The van der Waals surface area contributed by atoms with Crippen LogP contribution in [0.5, 0.6) is 0 Å². The molecule has 0 bridgehead atoms. The van der Waals surface area contributed by atoms with Crippen LogP contribution in [0.1, 0.15) is 15.2 Å². The Morgan fingerprint density at radius 3 is 2.65 bits per heavy atom. The Balaban J connectivity index is 1.95. The third-order valence-corrected chi connectivity index (χ3v) is 4.57. The van der Waals surface area contributed by atoms with Crippen LogP contribution in [0.25, 0.3) is 0 Å². The molecule has 0 radical (unpaired) electrons. The standard InChI is InChI=1S/C12H9BrINOS/c13-9-5-11(17-7-9)6-15-12(16)8-1-3-10(14)4-2-8/h1-5,7H,6H2,(H,15,16). The zero-order valence-electron chi connectivity index (χ0n) is 8.74. The van der Waals surface area contributed by atoms with Crippen LogP contribution in [0.3, 0.4) is 0 Å². The highest BCUT2D eigenvalue weighted by atomic mass is 127. The number of thiophene rings is 1. The summed E-state index contributed by atoms with van der Waals surface area (Å²) in [4.78, 5) is 13.0. The largest absolute Gasteiger partial charge is 0.347 e. The smallest absolute Gasteiger partial charge is 0.251 e. The van der Waals surface area contributed by atoms with Gasteiger partial charge in [-0.1, -0.05) is 0 Å². The number of nitrogens with one attached hydrogen (secondary N) is 1. The van der Waals surface area contributed by atoms with E-state index in [1.165, 1.54) is 0 Å². The van der Waals surface area contributed by atoms with E-state index in [0.29, 0.717) is 12.1 Å². The Morgan fingerprint density at radius 1 is 1.35 bits per heavy atom. The molecule has 0 unspecified atom stereocenters. The Bertz CT molecular complexity index is 524. The summed E-state index contributed by atoms with van der Waals surface area (Å²) in [6, 6.07) is 9.54. The van der Waals surface area contributed by atoms with Gasteiger partial charge in [0.25, 0.3) is 5.91 Å². The number of amides is 1. The molecule has 2 rings (SSSR count). The molecule has 1 aromatic heterocycles. The molecule has 1 N–H and O–H groups in total. The van der Waals surface area contributed by atoms with Gasteiger partial charge in [0.05, 0.1) is 6.54 Å². The molecule has 1 amide bonds. The van der Waals surface area contributed by atoms with Gasteiger partial charge in [0, 0.05) is 23.9 Å². The van der Waals surface area contributed by atoms with Crippen LogP contribution in [-0.2, 0) is 6.54 Å². The molecule has 1 heterocycles. The number of hydrogen-bond donors (Lipinski definition) is 1. The number of hydrogen-bond acceptors (Lipinski definition) is 2. The van der Waals surface area contributed by atoms with Gasteiger partial charge in [-0.05, 0) is 68.9 Å². The molecule has 0 aliphatic rings. The summed E-state index contributed by atoms with van der Waals surface area (Å²) in [6.07, 6.45) is 0. The highest BCUT2D eigenvalue weighted by Crippen LogP contribution is 2.19. The van der Waals surface area contributed by atoms with Crippen molar-refractivity contribution in [2.75, 3.05) is 0 Å². The van der Waals surface area contributed by atoms with Gasteiger partial charge in [0.1, 0.15) is 0 Å². The summed E-state index contributed by atoms with van der Waals surface area (Å²) in [6.45, 7) is 0.571. The fourth-order valence-electron chi connectivity index (χ4n) is 1.32. The van der Waals surface area contributed by atoms with Crippen LogP contribution < -0.4 is 5.32 Å². The summed E-state index contributed by atoms with van der Waals surface area (Å²) < 4.78 is 2.18. The van der Waals surface area contributed by atoms with Crippen LogP contribution in [0, 0.1) is 3.57 Å². The Hall–Kier alpha value is -0.400. The SMILES string of the molecule is O=C(NCc1cc(Br)cs1)c1ccc(I)cc1. The van der Waals surface area contributed by atoms with Crippen molar-refractivity contribution in [2.45, 2.75) is 6.54 Å². The Kier molecular flexibility index (Phi) is 4.58. The molecule has 0 spiro atoms. The molecule has 0 saturated heterocycles. The highest BCUT2D eigenvalue weighted by molar-refractivity contribution is 14.1. The number of benzene rings is 1. The molecule has 0 aliphatic heterocycles. The van der Waals surface area contributed by atoms with Crippen LogP contribution in [-0.4, -0.2) is 5.91 Å². The van der Waals surface area contributed by atoms with E-state index >= 15 is 0 Å². The van der Waals surface area contributed by atoms with E-state index in [9.17, 15) is 4.79 Å². The van der Waals surface area contributed by atoms with E-state index in [4.69, 9.17) is 0 Å². The third kappa shape index (κ3) is 3.79. The summed E-state index contributed by atoms with van der Waals surface area (Å²) >= 11 is 7.23. The average molecular weight is 422 g/mol. The number of carbonyl (C=O) groups is 1. The number of rotatable bonds is 3. The molecule has 2 aromatic rings. The van der Waals surface area contributed by atoms with Crippen LogP contribution in [0.4, 0.5) is 0 Å². The van der Waals surface area contributed by atoms with Gasteiger partial charge >= 0.3 is 0 Å². The molecule has 0 atom stereocenters. The maximum atomic E-state index is 11.8. The Labute approximate surface area is 126 Å². The van der Waals surface area contributed by atoms with Crippen molar-refractivity contribution in [1.29, 1.82) is 0 Å². The predicted octanol–water partition coefficient (Wildman–Crippen LogP) is 4.05. The van der Waals surface area contributed by atoms with Gasteiger partial charge in [-0.3, -0.25) is 4.79 Å². The zero-order chi connectivity index (χ0) is 12.3. The minimum atomic E-state index is -0.0362. The van der Waals surface area contributed by atoms with Gasteiger partial charge < -0.3 is 5.32 Å². The maximum absolute atomic E-state index is 11.8. The van der Waals surface area contributed by atoms with E-state index in [1.807, 2.05) is 35.7 Å². The summed E-state index contributed by atoms with van der Waals surface area (Å²) in [5.74, 6) is -0.0362. The van der Waals surface area contributed by atoms with Crippen molar-refractivity contribution in [3.8, 4) is 0 Å². The molecular weight excluding hydrogens is 413 g/mol. The van der Waals surface area contributed by atoms with Crippen molar-refractivity contribution in [1.82, 2.24) is 5.32 Å². The molecule has 0 fully saturated rings. The van der Waals surface area contributed by atoms with E-state index in [-0.39, 0.29) is 5.91 Å². The quantitative estimate of drug-likeness (QED) is 0.744. The first-order chi connectivity index (χ1) is 8.15. The lowest BCUT2D eigenvalue weighted by Gasteiger charge is -2.03. The average Bonchev–Trinajstić information content (AvgIpc) is 2.73. The van der Waals surface area contributed by atoms with E-state index < -0.39 is 0 Å². The topological polar surface area (TPSA) is 29.1 Å². The molecule has 17 heavy (non-hydrogen) atoms. The van der Waals surface area contributed by atoms with Crippen molar-refractivity contribution in [2.24, 2.45) is 0 Å². The van der Waals surface area contributed by atoms with Crippen molar-refractivity contribution in [3.05, 3.63) is 54.2 Å². The van der Waals surface area contributed by atoms with E-state index in [0.717, 1.165) is 12.9 Å². The van der Waals surface area contributed by atoms with Crippen molar-refractivity contribution in [3.63, 3.8) is 0 Å². The molecule has 0 saturated carbocycles. The molecule has 2 nitrogen and oxygen atoms in total. The normalized spacial score (nSPS) is 10.2. The lowest BCUT2D eigenvalue weighted by atomic mass is 10.2. The predicted molar refractivity (Wildman–Crippen MR) is 82.3 cm³/mol. The molecule has 0 aliphatic carbocycles. The first-order valence-corrected chi connectivity index (χ1v) is 7.67. The van der Waals surface area contributed by atoms with Gasteiger partial charge in [-0.15, -0.1) is 11.3 Å². The lowest BCUT2D eigenvalue weighted by Crippen LogP contribution is -2.22. The summed E-state index contributed by atoms with van der Waals surface area (Å²) in [7, 11) is 0. The van der Waals surface area contributed by atoms with Gasteiger partial charge in [0.2, 0.25) is 0 Å². The van der Waals surface area contributed by atoms with Crippen LogP contribution in [0.15, 0.2) is 40.2 Å². The second-order valence-corrected chi connectivity index (χ2v) is 6.58. The van der Waals surface area contributed by atoms with Crippen LogP contribution >= 0.6 is 49.9 Å². The van der Waals surface area contributed by atoms with E-state index in [2.05, 4.69) is 43.8 Å². The number of halogens is 2. The lowest BCUT2D eigenvalue weighted by molar-refractivity contribution is 0.0951. The Morgan fingerprint density at radius 2 is 2.06 bits per heavy atom. The summed E-state index contributed by atoms with van der Waals surface area (Å²) in [5.41, 5.74) is 0.695. The number of carbonyl (C=O) groups excluding carboxylic acids is 1. The molecular formula is C12H9BrINOS. The highest BCUT2D eigenvalue weighted by Gasteiger charge is 2.05. The molecule has 5 heteroatoms. The first kappa shape index (κ1) is 13.0. The zero-order valence-corrected chi connectivity index (χ0v) is 13.3. The minimum absolute atomic E-state index is 0.0362. The third-order valence-electron chi connectivity index (χ3n) is 2.15. The summed E-state index contributed by atoms with van der Waals surface area (Å²) in [5, 5.41) is 4.90. The molecule has 88 valence electrons. The first-order valence-electron chi connectivity index (χ1n) is 4.92. The van der Waals surface area contributed by atoms with Gasteiger partial charge in [0.15, 0.2) is 0 Å². The fraction of sp³-hybridized carbons (Fsp3) is 0.0833. The van der Waals surface area contributed by atoms with E-state index in [1.54, 1.807) is 11.3 Å². The van der Waals surface area contributed by atoms with Crippen LogP contribution in [0.2, 0.25) is 0 Å². The monoisotopic (exact) mass is 421 g/mol. The van der Waals surface area contributed by atoms with Crippen molar-refractivity contribution >= 4 is 55.8 Å².